The number of hydrogen-bond donors (Lipinski definition) is 2. The highest BCUT2D eigenvalue weighted by Crippen LogP contribution is 2.22. The Hall–Kier alpha value is -1.55. The van der Waals surface area contributed by atoms with Crippen molar-refractivity contribution in [1.82, 2.24) is 5.16 Å². The second kappa shape index (κ2) is 4.31. The monoisotopic (exact) mass is 206 g/mol. The summed E-state index contributed by atoms with van der Waals surface area (Å²) in [6.07, 6.45) is 0.696. The molecule has 0 fully saturated rings. The molecule has 2 aromatic rings. The number of aliphatic hydroxyl groups is 1. The van der Waals surface area contributed by atoms with Crippen molar-refractivity contribution in [2.45, 2.75) is 19.4 Å². The molecule has 1 unspecified atom stereocenters. The molecule has 0 bridgehead atoms. The molecular weight excluding hydrogens is 192 g/mol. The van der Waals surface area contributed by atoms with Crippen molar-refractivity contribution in [2.24, 2.45) is 0 Å². The zero-order valence-electron chi connectivity index (χ0n) is 8.60. The number of nitrogens with one attached hydrogen (secondary N) is 1. The molecule has 0 aliphatic heterocycles. The molecule has 4 nitrogen and oxygen atoms in total. The summed E-state index contributed by atoms with van der Waals surface area (Å²) in [6.45, 7) is 2.17. The van der Waals surface area contributed by atoms with Gasteiger partial charge in [-0.05, 0) is 25.5 Å². The van der Waals surface area contributed by atoms with Gasteiger partial charge in [-0.1, -0.05) is 17.3 Å². The molecule has 1 aromatic heterocycles. The molecule has 1 aromatic carbocycles. The first-order valence-electron chi connectivity index (χ1n) is 5.03. The van der Waals surface area contributed by atoms with Crippen molar-refractivity contribution in [1.29, 1.82) is 0 Å². The van der Waals surface area contributed by atoms with Crippen molar-refractivity contribution >= 4 is 16.8 Å². The van der Waals surface area contributed by atoms with Gasteiger partial charge in [0, 0.05) is 12.6 Å². The summed E-state index contributed by atoms with van der Waals surface area (Å²) < 4.78 is 5.15. The standard InChI is InChI=1S/C11H14N2O2/c1-8(6-7-14)12-11-9-4-2-3-5-10(9)15-13-11/h2-5,8,14H,6-7H2,1H3,(H,12,13). The Morgan fingerprint density at radius 2 is 2.27 bits per heavy atom. The van der Waals surface area contributed by atoms with Crippen molar-refractivity contribution in [3.05, 3.63) is 24.3 Å². The molecule has 0 aliphatic rings. The average molecular weight is 206 g/mol. The maximum atomic E-state index is 8.79. The maximum absolute atomic E-state index is 8.79. The Morgan fingerprint density at radius 3 is 3.07 bits per heavy atom. The molecule has 15 heavy (non-hydrogen) atoms. The lowest BCUT2D eigenvalue weighted by Crippen LogP contribution is -2.16. The van der Waals surface area contributed by atoms with Crippen LogP contribution in [0.3, 0.4) is 0 Å². The highest BCUT2D eigenvalue weighted by atomic mass is 16.5. The summed E-state index contributed by atoms with van der Waals surface area (Å²) in [4.78, 5) is 0. The number of nitrogens with zero attached hydrogens (tertiary/aromatic N) is 1. The predicted octanol–water partition coefficient (Wildman–Crippen LogP) is 2.01. The van der Waals surface area contributed by atoms with Crippen molar-refractivity contribution < 1.29 is 9.63 Å². The normalized spacial score (nSPS) is 12.9. The van der Waals surface area contributed by atoms with Gasteiger partial charge in [-0.15, -0.1) is 0 Å². The van der Waals surface area contributed by atoms with E-state index in [0.717, 1.165) is 16.8 Å². The van der Waals surface area contributed by atoms with Gasteiger partial charge in [0.25, 0.3) is 0 Å². The molecule has 1 heterocycles. The highest BCUT2D eigenvalue weighted by Gasteiger charge is 2.09. The Bertz CT molecular complexity index is 439. The number of fused-ring (bicyclic) bond motifs is 1. The van der Waals surface area contributed by atoms with E-state index in [1.807, 2.05) is 31.2 Å². The van der Waals surface area contributed by atoms with Crippen LogP contribution in [-0.2, 0) is 0 Å². The van der Waals surface area contributed by atoms with Crippen molar-refractivity contribution in [3.63, 3.8) is 0 Å². The third-order valence-corrected chi connectivity index (χ3v) is 2.32. The molecule has 0 amide bonds. The van der Waals surface area contributed by atoms with Gasteiger partial charge in [0.05, 0.1) is 5.39 Å². The lowest BCUT2D eigenvalue weighted by Gasteiger charge is -2.10. The van der Waals surface area contributed by atoms with E-state index in [-0.39, 0.29) is 12.6 Å². The van der Waals surface area contributed by atoms with Gasteiger partial charge in [0.1, 0.15) is 0 Å². The van der Waals surface area contributed by atoms with E-state index in [4.69, 9.17) is 9.63 Å². The molecule has 0 radical (unpaired) electrons. The largest absolute Gasteiger partial charge is 0.396 e. The first-order chi connectivity index (χ1) is 7.31. The summed E-state index contributed by atoms with van der Waals surface area (Å²) in [5.74, 6) is 0.742. The Kier molecular flexibility index (Phi) is 2.87. The van der Waals surface area contributed by atoms with Gasteiger partial charge in [0.2, 0.25) is 0 Å². The van der Waals surface area contributed by atoms with E-state index in [9.17, 15) is 0 Å². The van der Waals surface area contributed by atoms with Gasteiger partial charge >= 0.3 is 0 Å². The zero-order valence-corrected chi connectivity index (χ0v) is 8.60. The smallest absolute Gasteiger partial charge is 0.177 e. The summed E-state index contributed by atoms with van der Waals surface area (Å²) in [7, 11) is 0. The third kappa shape index (κ3) is 2.10. The zero-order chi connectivity index (χ0) is 10.7. The first kappa shape index (κ1) is 9.98. The number of para-hydroxylation sites is 1. The predicted molar refractivity (Wildman–Crippen MR) is 58.8 cm³/mol. The number of hydrogen-bond acceptors (Lipinski definition) is 4. The molecule has 2 N–H and O–H groups in total. The summed E-state index contributed by atoms with van der Waals surface area (Å²) in [5, 5.41) is 16.9. The van der Waals surface area contributed by atoms with E-state index < -0.39 is 0 Å². The van der Waals surface area contributed by atoms with Gasteiger partial charge in [-0.25, -0.2) is 0 Å². The fourth-order valence-corrected chi connectivity index (χ4v) is 1.49. The van der Waals surface area contributed by atoms with Crippen LogP contribution in [0.15, 0.2) is 28.8 Å². The van der Waals surface area contributed by atoms with Crippen LogP contribution < -0.4 is 5.32 Å². The third-order valence-electron chi connectivity index (χ3n) is 2.32. The maximum Gasteiger partial charge on any atom is 0.177 e. The summed E-state index contributed by atoms with van der Waals surface area (Å²) in [5.41, 5.74) is 0.774. The molecular formula is C11H14N2O2. The van der Waals surface area contributed by atoms with Gasteiger partial charge in [-0.2, -0.15) is 0 Å². The van der Waals surface area contributed by atoms with E-state index in [2.05, 4.69) is 10.5 Å². The molecule has 0 aliphatic carbocycles. The minimum Gasteiger partial charge on any atom is -0.396 e. The van der Waals surface area contributed by atoms with E-state index in [0.29, 0.717) is 6.42 Å². The van der Waals surface area contributed by atoms with Crippen LogP contribution in [0.5, 0.6) is 0 Å². The van der Waals surface area contributed by atoms with Crippen LogP contribution in [0.25, 0.3) is 11.0 Å². The van der Waals surface area contributed by atoms with Crippen LogP contribution in [0.1, 0.15) is 13.3 Å². The van der Waals surface area contributed by atoms with E-state index >= 15 is 0 Å². The van der Waals surface area contributed by atoms with Crippen LogP contribution in [-0.4, -0.2) is 22.9 Å². The molecule has 2 rings (SSSR count). The molecule has 0 spiro atoms. The molecule has 1 atom stereocenters. The van der Waals surface area contributed by atoms with Crippen LogP contribution in [0, 0.1) is 0 Å². The van der Waals surface area contributed by atoms with Gasteiger partial charge < -0.3 is 14.9 Å². The fraction of sp³-hybridized carbons (Fsp3) is 0.364. The second-order valence-electron chi connectivity index (χ2n) is 3.59. The molecule has 80 valence electrons. The molecule has 4 heteroatoms. The van der Waals surface area contributed by atoms with Crippen LogP contribution >= 0.6 is 0 Å². The van der Waals surface area contributed by atoms with Crippen LogP contribution in [0.4, 0.5) is 5.82 Å². The average Bonchev–Trinajstić information content (AvgIpc) is 2.62. The number of rotatable bonds is 4. The second-order valence-corrected chi connectivity index (χ2v) is 3.59. The van der Waals surface area contributed by atoms with E-state index in [1.54, 1.807) is 0 Å². The molecule has 0 saturated heterocycles. The Morgan fingerprint density at radius 1 is 1.47 bits per heavy atom. The quantitative estimate of drug-likeness (QED) is 0.803. The molecule has 0 saturated carbocycles. The minimum atomic E-state index is 0.171. The van der Waals surface area contributed by atoms with Gasteiger partial charge in [0.15, 0.2) is 11.4 Å². The van der Waals surface area contributed by atoms with Crippen molar-refractivity contribution in [2.75, 3.05) is 11.9 Å². The Labute approximate surface area is 87.9 Å². The fourth-order valence-electron chi connectivity index (χ4n) is 1.49. The van der Waals surface area contributed by atoms with Gasteiger partial charge in [-0.3, -0.25) is 0 Å². The lowest BCUT2D eigenvalue weighted by atomic mass is 10.2. The van der Waals surface area contributed by atoms with E-state index in [1.165, 1.54) is 0 Å². The lowest BCUT2D eigenvalue weighted by molar-refractivity contribution is 0.282. The van der Waals surface area contributed by atoms with Crippen molar-refractivity contribution in [3.8, 4) is 0 Å². The number of aliphatic hydroxyl groups excluding tert-OH is 1. The topological polar surface area (TPSA) is 58.3 Å². The first-order valence-corrected chi connectivity index (χ1v) is 5.03. The highest BCUT2D eigenvalue weighted by molar-refractivity contribution is 5.87. The summed E-state index contributed by atoms with van der Waals surface area (Å²) in [6, 6.07) is 7.88. The Balaban J connectivity index is 2.21. The SMILES string of the molecule is CC(CCO)Nc1noc2ccccc12. The number of aromatic nitrogens is 1. The minimum absolute atomic E-state index is 0.171. The number of benzene rings is 1. The summed E-state index contributed by atoms with van der Waals surface area (Å²) >= 11 is 0. The van der Waals surface area contributed by atoms with Crippen LogP contribution in [0.2, 0.25) is 0 Å². The number of anilines is 1.